The summed E-state index contributed by atoms with van der Waals surface area (Å²) in [6.45, 7) is 0.142. The highest BCUT2D eigenvalue weighted by molar-refractivity contribution is 7.72. The molecule has 0 aromatic carbocycles. The van der Waals surface area contributed by atoms with Gasteiger partial charge in [-0.2, -0.15) is 0 Å². The SMILES string of the molecule is O=P(O)(O)C1(P(=O)(O)O)[C]CCCCN1. The molecule has 0 aliphatic carbocycles. The lowest BCUT2D eigenvalue weighted by Crippen LogP contribution is -2.44. The molecule has 0 amide bonds. The Kier molecular flexibility index (Phi) is 3.78. The lowest BCUT2D eigenvalue weighted by Gasteiger charge is -2.33. The van der Waals surface area contributed by atoms with Crippen molar-refractivity contribution in [1.29, 1.82) is 0 Å². The van der Waals surface area contributed by atoms with Crippen LogP contribution in [0.1, 0.15) is 19.3 Å². The van der Waals surface area contributed by atoms with Gasteiger partial charge in [0, 0.05) is 6.42 Å². The van der Waals surface area contributed by atoms with Crippen LogP contribution in [-0.2, 0) is 9.13 Å². The van der Waals surface area contributed by atoms with Gasteiger partial charge in [-0.25, -0.2) is 0 Å². The van der Waals surface area contributed by atoms with Gasteiger partial charge in [-0.3, -0.25) is 14.4 Å². The van der Waals surface area contributed by atoms with Crippen molar-refractivity contribution >= 4 is 15.2 Å². The molecule has 7 nitrogen and oxygen atoms in total. The highest BCUT2D eigenvalue weighted by Gasteiger charge is 2.60. The molecule has 9 heteroatoms. The van der Waals surface area contributed by atoms with Crippen molar-refractivity contribution in [3.05, 3.63) is 6.42 Å². The second kappa shape index (κ2) is 4.26. The minimum absolute atomic E-state index is 0.142. The van der Waals surface area contributed by atoms with E-state index in [1.54, 1.807) is 0 Å². The smallest absolute Gasteiger partial charge is 0.323 e. The topological polar surface area (TPSA) is 127 Å². The Balaban J connectivity index is 3.17. The van der Waals surface area contributed by atoms with E-state index in [1.807, 2.05) is 0 Å². The highest BCUT2D eigenvalue weighted by atomic mass is 31.2. The summed E-state index contributed by atoms with van der Waals surface area (Å²) >= 11 is 0. The molecular formula is C6H13NO6P2. The van der Waals surface area contributed by atoms with Gasteiger partial charge in [0.15, 0.2) is 0 Å². The average Bonchev–Trinajstić information content (AvgIpc) is 2.25. The largest absolute Gasteiger partial charge is 0.358 e. The lowest BCUT2D eigenvalue weighted by atomic mass is 10.2. The van der Waals surface area contributed by atoms with Crippen LogP contribution in [0.15, 0.2) is 0 Å². The predicted octanol–water partition coefficient (Wildman–Crippen LogP) is -0.150. The molecular weight excluding hydrogens is 244 g/mol. The van der Waals surface area contributed by atoms with E-state index < -0.39 is 20.2 Å². The molecule has 0 spiro atoms. The summed E-state index contributed by atoms with van der Waals surface area (Å²) in [5.74, 6) is 0. The Bertz CT molecular complexity index is 288. The van der Waals surface area contributed by atoms with Crippen LogP contribution in [0.25, 0.3) is 0 Å². The maximum absolute atomic E-state index is 11.2. The first-order valence-corrected chi connectivity index (χ1v) is 7.54. The molecule has 0 unspecified atom stereocenters. The molecule has 15 heavy (non-hydrogen) atoms. The molecule has 5 N–H and O–H groups in total. The molecule has 1 aliphatic rings. The second-order valence-electron chi connectivity index (χ2n) is 3.32. The van der Waals surface area contributed by atoms with Crippen molar-refractivity contribution in [1.82, 2.24) is 5.32 Å². The molecule has 1 rings (SSSR count). The van der Waals surface area contributed by atoms with Crippen molar-refractivity contribution in [3.8, 4) is 0 Å². The van der Waals surface area contributed by atoms with Crippen LogP contribution in [0, 0.1) is 6.42 Å². The first kappa shape index (κ1) is 13.3. The standard InChI is InChI=1S/C6H13NO6P2/c8-14(9,10)6(15(11,12)13)4-2-1-3-5-7-6/h7H,1-3,5H2,(H2,8,9,10)(H2,11,12,13). The molecule has 0 aromatic heterocycles. The van der Waals surface area contributed by atoms with E-state index in [0.29, 0.717) is 12.8 Å². The molecule has 0 bridgehead atoms. The van der Waals surface area contributed by atoms with Gasteiger partial charge in [0.05, 0.1) is 0 Å². The Morgan fingerprint density at radius 2 is 1.60 bits per heavy atom. The van der Waals surface area contributed by atoms with E-state index in [4.69, 9.17) is 19.6 Å². The molecule has 0 aromatic rings. The van der Waals surface area contributed by atoms with Crippen molar-refractivity contribution in [3.63, 3.8) is 0 Å². The third-order valence-electron chi connectivity index (χ3n) is 2.19. The number of hydrogen-bond acceptors (Lipinski definition) is 3. The van der Waals surface area contributed by atoms with E-state index >= 15 is 0 Å². The zero-order chi connectivity index (χ0) is 11.7. The molecule has 2 radical (unpaired) electrons. The Hall–Kier alpha value is 0.260. The van der Waals surface area contributed by atoms with Gasteiger partial charge in [0.2, 0.25) is 5.02 Å². The van der Waals surface area contributed by atoms with Crippen LogP contribution in [0.3, 0.4) is 0 Å². The van der Waals surface area contributed by atoms with Gasteiger partial charge in [0.25, 0.3) is 0 Å². The predicted molar refractivity (Wildman–Crippen MR) is 51.9 cm³/mol. The highest BCUT2D eigenvalue weighted by Crippen LogP contribution is 2.69. The maximum Gasteiger partial charge on any atom is 0.358 e. The third-order valence-corrected chi connectivity index (χ3v) is 6.07. The Morgan fingerprint density at radius 1 is 1.07 bits per heavy atom. The number of hydrogen-bond donors (Lipinski definition) is 5. The second-order valence-corrected chi connectivity index (χ2v) is 7.19. The van der Waals surface area contributed by atoms with Crippen LogP contribution < -0.4 is 5.32 Å². The van der Waals surface area contributed by atoms with Crippen LogP contribution >= 0.6 is 15.2 Å². The summed E-state index contributed by atoms with van der Waals surface area (Å²) in [7, 11) is -10.0. The van der Waals surface area contributed by atoms with Gasteiger partial charge >= 0.3 is 15.2 Å². The first-order valence-electron chi connectivity index (χ1n) is 4.32. The summed E-state index contributed by atoms with van der Waals surface area (Å²) in [5, 5.41) is -0.391. The number of nitrogens with one attached hydrogen (secondary N) is 1. The van der Waals surface area contributed by atoms with Crippen molar-refractivity contribution in [2.45, 2.75) is 24.3 Å². The molecule has 1 saturated heterocycles. The van der Waals surface area contributed by atoms with E-state index in [1.165, 1.54) is 0 Å². The van der Waals surface area contributed by atoms with Crippen molar-refractivity contribution < 1.29 is 28.7 Å². The fourth-order valence-electron chi connectivity index (χ4n) is 1.42. The van der Waals surface area contributed by atoms with Crippen LogP contribution in [0.2, 0.25) is 0 Å². The average molecular weight is 257 g/mol. The quantitative estimate of drug-likeness (QED) is 0.435. The van der Waals surface area contributed by atoms with Crippen LogP contribution in [0.4, 0.5) is 0 Å². The normalized spacial score (nSPS) is 23.5. The summed E-state index contributed by atoms with van der Waals surface area (Å²) in [5.41, 5.74) is 0. The van der Waals surface area contributed by atoms with E-state index in [-0.39, 0.29) is 13.0 Å². The van der Waals surface area contributed by atoms with Gasteiger partial charge in [-0.05, 0) is 19.4 Å². The summed E-state index contributed by atoms with van der Waals surface area (Å²) in [6.07, 6.45) is 3.56. The Morgan fingerprint density at radius 3 is 2.07 bits per heavy atom. The summed E-state index contributed by atoms with van der Waals surface area (Å²) < 4.78 is 22.4. The van der Waals surface area contributed by atoms with Gasteiger partial charge in [-0.1, -0.05) is 6.42 Å². The van der Waals surface area contributed by atoms with E-state index in [0.717, 1.165) is 0 Å². The molecule has 88 valence electrons. The summed E-state index contributed by atoms with van der Waals surface area (Å²) in [6, 6.07) is 0. The van der Waals surface area contributed by atoms with Crippen molar-refractivity contribution in [2.24, 2.45) is 0 Å². The van der Waals surface area contributed by atoms with E-state index in [2.05, 4.69) is 11.7 Å². The van der Waals surface area contributed by atoms with Crippen LogP contribution in [0.5, 0.6) is 0 Å². The number of rotatable bonds is 2. The van der Waals surface area contributed by atoms with Crippen molar-refractivity contribution in [2.75, 3.05) is 6.54 Å². The minimum Gasteiger partial charge on any atom is -0.323 e. The van der Waals surface area contributed by atoms with Gasteiger partial charge in [-0.15, -0.1) is 0 Å². The zero-order valence-corrected chi connectivity index (χ0v) is 9.62. The fourth-order valence-corrected chi connectivity index (χ4v) is 4.05. The molecule has 0 saturated carbocycles. The third kappa shape index (κ3) is 2.50. The van der Waals surface area contributed by atoms with Gasteiger partial charge < -0.3 is 19.6 Å². The lowest BCUT2D eigenvalue weighted by molar-refractivity contribution is 0.302. The van der Waals surface area contributed by atoms with Crippen LogP contribution in [-0.4, -0.2) is 31.1 Å². The monoisotopic (exact) mass is 257 g/mol. The minimum atomic E-state index is -5.01. The fraction of sp³-hybridized carbons (Fsp3) is 0.833. The van der Waals surface area contributed by atoms with Gasteiger partial charge in [0.1, 0.15) is 0 Å². The zero-order valence-electron chi connectivity index (χ0n) is 7.83. The molecule has 1 aliphatic heterocycles. The Labute approximate surface area is 87.2 Å². The van der Waals surface area contributed by atoms with E-state index in [9.17, 15) is 9.13 Å². The maximum atomic E-state index is 11.2. The molecule has 1 heterocycles. The summed E-state index contributed by atoms with van der Waals surface area (Å²) in [4.78, 5) is 36.2. The molecule has 0 atom stereocenters. The molecule has 1 fully saturated rings. The first-order chi connectivity index (χ1) is 6.71.